The Balaban J connectivity index is 0.00000544. The first-order valence-corrected chi connectivity index (χ1v) is 11.1. The van der Waals surface area contributed by atoms with E-state index in [1.807, 2.05) is 63.2 Å². The van der Waals surface area contributed by atoms with Crippen molar-refractivity contribution in [3.8, 4) is 11.5 Å². The van der Waals surface area contributed by atoms with Crippen molar-refractivity contribution < 1.29 is 14.3 Å². The van der Waals surface area contributed by atoms with Crippen molar-refractivity contribution in [1.82, 2.24) is 10.6 Å². The molecular weight excluding hydrogens is 531 g/mol. The highest BCUT2D eigenvalue weighted by atomic mass is 127. The number of aliphatic imine (C=N–C) groups is 1. The number of benzene rings is 2. The fourth-order valence-corrected chi connectivity index (χ4v) is 3.07. The average molecular weight is 569 g/mol. The van der Waals surface area contributed by atoms with Crippen molar-refractivity contribution in [2.45, 2.75) is 40.2 Å². The van der Waals surface area contributed by atoms with E-state index in [-0.39, 0.29) is 35.8 Å². The smallest absolute Gasteiger partial charge is 0.227 e. The van der Waals surface area contributed by atoms with Crippen LogP contribution in [0, 0.1) is 5.92 Å². The first-order chi connectivity index (χ1) is 15.5. The van der Waals surface area contributed by atoms with E-state index in [9.17, 15) is 4.79 Å². The number of hydrogen-bond acceptors (Lipinski definition) is 4. The van der Waals surface area contributed by atoms with Crippen molar-refractivity contribution in [2.75, 3.05) is 32.6 Å². The van der Waals surface area contributed by atoms with Crippen LogP contribution < -0.4 is 25.4 Å². The molecule has 0 heterocycles. The molecule has 7 nitrogen and oxygen atoms in total. The third kappa shape index (κ3) is 9.49. The number of nitrogens with zero attached hydrogens (tertiary/aromatic N) is 1. The fraction of sp³-hybridized carbons (Fsp3) is 0.440. The fourth-order valence-electron chi connectivity index (χ4n) is 3.07. The highest BCUT2D eigenvalue weighted by Gasteiger charge is 2.10. The van der Waals surface area contributed by atoms with Gasteiger partial charge in [-0.25, -0.2) is 4.99 Å². The lowest BCUT2D eigenvalue weighted by Gasteiger charge is -2.13. The minimum Gasteiger partial charge on any atom is -0.493 e. The van der Waals surface area contributed by atoms with Gasteiger partial charge in [-0.3, -0.25) is 4.79 Å². The molecule has 0 aliphatic carbocycles. The number of carbonyl (C=O) groups is 1. The number of anilines is 1. The molecule has 182 valence electrons. The first kappa shape index (κ1) is 28.5. The molecule has 2 aromatic rings. The SMILES string of the molecule is CCNC(=NCc1cccc(NC(=O)C(C)CC)c1)NCCc1ccc(OC)c(OC)c1.I. The standard InChI is InChI=1S/C25H36N4O3.HI/c1-6-18(3)24(30)29-21-10-8-9-20(15-21)17-28-25(26-7-2)27-14-13-19-11-12-22(31-4)23(16-19)32-5;/h8-12,15-16,18H,6-7,13-14,17H2,1-5H3,(H,29,30)(H2,26,27,28);1H. The second-order valence-corrected chi connectivity index (χ2v) is 7.56. The maximum absolute atomic E-state index is 12.1. The van der Waals surface area contributed by atoms with Gasteiger partial charge in [0.1, 0.15) is 0 Å². The monoisotopic (exact) mass is 568 g/mol. The summed E-state index contributed by atoms with van der Waals surface area (Å²) >= 11 is 0. The van der Waals surface area contributed by atoms with E-state index >= 15 is 0 Å². The van der Waals surface area contributed by atoms with Crippen LogP contribution in [0.2, 0.25) is 0 Å². The second-order valence-electron chi connectivity index (χ2n) is 7.56. The van der Waals surface area contributed by atoms with Crippen molar-refractivity contribution in [3.05, 3.63) is 53.6 Å². The van der Waals surface area contributed by atoms with E-state index < -0.39 is 0 Å². The summed E-state index contributed by atoms with van der Waals surface area (Å²) in [6, 6.07) is 13.8. The first-order valence-electron chi connectivity index (χ1n) is 11.1. The Bertz CT molecular complexity index is 905. The van der Waals surface area contributed by atoms with Gasteiger partial charge in [0.15, 0.2) is 17.5 Å². The summed E-state index contributed by atoms with van der Waals surface area (Å²) in [6.07, 6.45) is 1.64. The molecule has 1 unspecified atom stereocenters. The minimum absolute atomic E-state index is 0. The Morgan fingerprint density at radius 1 is 1.00 bits per heavy atom. The summed E-state index contributed by atoms with van der Waals surface area (Å²) in [5, 5.41) is 9.62. The zero-order chi connectivity index (χ0) is 23.3. The maximum Gasteiger partial charge on any atom is 0.227 e. The summed E-state index contributed by atoms with van der Waals surface area (Å²) in [7, 11) is 3.27. The van der Waals surface area contributed by atoms with Crippen LogP contribution in [-0.4, -0.2) is 39.2 Å². The number of methoxy groups -OCH3 is 2. The zero-order valence-corrected chi connectivity index (χ0v) is 22.6. The number of carbonyl (C=O) groups excluding carboxylic acids is 1. The number of guanidine groups is 1. The van der Waals surface area contributed by atoms with Crippen molar-refractivity contribution in [3.63, 3.8) is 0 Å². The van der Waals surface area contributed by atoms with Crippen LogP contribution in [0.15, 0.2) is 47.5 Å². The van der Waals surface area contributed by atoms with Crippen LogP contribution in [0.25, 0.3) is 0 Å². The lowest BCUT2D eigenvalue weighted by molar-refractivity contribution is -0.119. The number of amides is 1. The summed E-state index contributed by atoms with van der Waals surface area (Å²) < 4.78 is 10.7. The van der Waals surface area contributed by atoms with Crippen molar-refractivity contribution >= 4 is 41.5 Å². The molecule has 33 heavy (non-hydrogen) atoms. The lowest BCUT2D eigenvalue weighted by atomic mass is 10.1. The normalized spacial score (nSPS) is 11.7. The van der Waals surface area contributed by atoms with Crippen LogP contribution >= 0.6 is 24.0 Å². The molecule has 0 radical (unpaired) electrons. The van der Waals surface area contributed by atoms with Crippen LogP contribution in [0.5, 0.6) is 11.5 Å². The topological polar surface area (TPSA) is 84.0 Å². The van der Waals surface area contributed by atoms with E-state index in [1.54, 1.807) is 14.2 Å². The molecule has 0 saturated heterocycles. The predicted octanol–water partition coefficient (Wildman–Crippen LogP) is 4.60. The molecule has 0 aliphatic heterocycles. The van der Waals surface area contributed by atoms with Crippen LogP contribution in [-0.2, 0) is 17.8 Å². The quantitative estimate of drug-likeness (QED) is 0.210. The minimum atomic E-state index is -0.00750. The van der Waals surface area contributed by atoms with Gasteiger partial charge in [0.05, 0.1) is 20.8 Å². The number of nitrogens with one attached hydrogen (secondary N) is 3. The molecule has 0 saturated carbocycles. The number of ether oxygens (including phenoxy) is 2. The summed E-state index contributed by atoms with van der Waals surface area (Å²) in [5.74, 6) is 2.24. The van der Waals surface area contributed by atoms with E-state index in [2.05, 4.69) is 20.9 Å². The van der Waals surface area contributed by atoms with Crippen LogP contribution in [0.1, 0.15) is 38.3 Å². The number of hydrogen-bond donors (Lipinski definition) is 3. The van der Waals surface area contributed by atoms with E-state index in [1.165, 1.54) is 0 Å². The molecule has 0 aromatic heterocycles. The molecule has 0 spiro atoms. The Hall–Kier alpha value is -2.49. The van der Waals surface area contributed by atoms with Gasteiger partial charge in [-0.15, -0.1) is 24.0 Å². The van der Waals surface area contributed by atoms with Gasteiger partial charge in [-0.2, -0.15) is 0 Å². The van der Waals surface area contributed by atoms with Crippen molar-refractivity contribution in [1.29, 1.82) is 0 Å². The van der Waals surface area contributed by atoms with Gasteiger partial charge in [0.25, 0.3) is 0 Å². The highest BCUT2D eigenvalue weighted by Crippen LogP contribution is 2.27. The number of rotatable bonds is 11. The molecule has 2 rings (SSSR count). The Kier molecular flexibility index (Phi) is 13.3. The highest BCUT2D eigenvalue weighted by molar-refractivity contribution is 14.0. The van der Waals surface area contributed by atoms with Gasteiger partial charge in [0, 0.05) is 24.7 Å². The molecule has 0 bridgehead atoms. The van der Waals surface area contributed by atoms with Gasteiger partial charge in [-0.05, 0) is 55.2 Å². The van der Waals surface area contributed by atoms with E-state index in [4.69, 9.17) is 9.47 Å². The largest absolute Gasteiger partial charge is 0.493 e. The molecule has 3 N–H and O–H groups in total. The van der Waals surface area contributed by atoms with Gasteiger partial charge in [-0.1, -0.05) is 32.0 Å². The lowest BCUT2D eigenvalue weighted by Crippen LogP contribution is -2.38. The van der Waals surface area contributed by atoms with Crippen LogP contribution in [0.3, 0.4) is 0 Å². The third-order valence-electron chi connectivity index (χ3n) is 5.17. The second kappa shape index (κ2) is 15.4. The molecule has 8 heteroatoms. The predicted molar refractivity (Wildman–Crippen MR) is 146 cm³/mol. The summed E-state index contributed by atoms with van der Waals surface area (Å²) in [4.78, 5) is 16.8. The number of halogens is 1. The van der Waals surface area contributed by atoms with Crippen LogP contribution in [0.4, 0.5) is 5.69 Å². The Labute approximate surface area is 214 Å². The molecular formula is C25H37IN4O3. The van der Waals surface area contributed by atoms with E-state index in [0.29, 0.717) is 6.54 Å². The average Bonchev–Trinajstić information content (AvgIpc) is 2.82. The van der Waals surface area contributed by atoms with E-state index in [0.717, 1.165) is 60.2 Å². The van der Waals surface area contributed by atoms with Gasteiger partial charge < -0.3 is 25.4 Å². The Morgan fingerprint density at radius 2 is 1.76 bits per heavy atom. The molecule has 0 aliphatic rings. The molecule has 0 fully saturated rings. The maximum atomic E-state index is 12.1. The third-order valence-corrected chi connectivity index (χ3v) is 5.17. The molecule has 1 amide bonds. The molecule has 1 atom stereocenters. The van der Waals surface area contributed by atoms with Gasteiger partial charge >= 0.3 is 0 Å². The van der Waals surface area contributed by atoms with Crippen molar-refractivity contribution in [2.24, 2.45) is 10.9 Å². The summed E-state index contributed by atoms with van der Waals surface area (Å²) in [5.41, 5.74) is 2.98. The van der Waals surface area contributed by atoms with Gasteiger partial charge in [0.2, 0.25) is 5.91 Å². The Morgan fingerprint density at radius 3 is 2.42 bits per heavy atom. The molecule has 2 aromatic carbocycles. The summed E-state index contributed by atoms with van der Waals surface area (Å²) in [6.45, 7) is 7.99. The zero-order valence-electron chi connectivity index (χ0n) is 20.2.